The maximum atomic E-state index is 2.33. The molecule has 0 aliphatic rings. The Kier molecular flexibility index (Phi) is 11.3. The molecular weight excluding hydrogens is 204 g/mol. The van der Waals surface area contributed by atoms with Gasteiger partial charge >= 0.3 is 0 Å². The van der Waals surface area contributed by atoms with E-state index in [1.807, 2.05) is 27.7 Å². The van der Waals surface area contributed by atoms with E-state index in [0.29, 0.717) is 5.41 Å². The molecule has 100 valence electrons. The highest BCUT2D eigenvalue weighted by molar-refractivity contribution is 5.15. The van der Waals surface area contributed by atoms with Crippen LogP contribution < -0.4 is 0 Å². The Hall–Kier alpha value is -0.780. The van der Waals surface area contributed by atoms with Crippen LogP contribution in [0.4, 0.5) is 0 Å². The summed E-state index contributed by atoms with van der Waals surface area (Å²) >= 11 is 0. The lowest BCUT2D eigenvalue weighted by atomic mass is 9.79. The monoisotopic (exact) mass is 236 g/mol. The molecule has 1 unspecified atom stereocenters. The smallest absolute Gasteiger partial charge is 0.0248 e. The molecule has 0 bridgehead atoms. The maximum Gasteiger partial charge on any atom is -0.0248 e. The molecule has 0 aliphatic carbocycles. The van der Waals surface area contributed by atoms with Crippen molar-refractivity contribution in [3.8, 4) is 0 Å². The Morgan fingerprint density at radius 1 is 0.882 bits per heavy atom. The summed E-state index contributed by atoms with van der Waals surface area (Å²) in [6.07, 6.45) is 1.18. The highest BCUT2D eigenvalue weighted by Crippen LogP contribution is 2.28. The van der Waals surface area contributed by atoms with Crippen LogP contribution in [0.25, 0.3) is 0 Å². The van der Waals surface area contributed by atoms with E-state index < -0.39 is 0 Å². The third-order valence-electron chi connectivity index (χ3n) is 2.86. The first-order chi connectivity index (χ1) is 8.00. The molecule has 0 saturated heterocycles. The summed E-state index contributed by atoms with van der Waals surface area (Å²) in [7, 11) is 0. The van der Waals surface area contributed by atoms with Crippen LogP contribution in [-0.2, 0) is 6.42 Å². The van der Waals surface area contributed by atoms with Crippen molar-refractivity contribution in [3.05, 3.63) is 35.9 Å². The van der Waals surface area contributed by atoms with E-state index in [-0.39, 0.29) is 0 Å². The number of hydrogen-bond acceptors (Lipinski definition) is 0. The van der Waals surface area contributed by atoms with Crippen LogP contribution in [0.3, 0.4) is 0 Å². The Balaban J connectivity index is 0. The third-order valence-corrected chi connectivity index (χ3v) is 2.86. The molecule has 0 aromatic heterocycles. The predicted octanol–water partition coefficient (Wildman–Crippen LogP) is 5.96. The fourth-order valence-electron chi connectivity index (χ4n) is 1.27. The van der Waals surface area contributed by atoms with E-state index >= 15 is 0 Å². The van der Waals surface area contributed by atoms with E-state index in [9.17, 15) is 0 Å². The lowest BCUT2D eigenvalue weighted by Crippen LogP contribution is -2.19. The highest BCUT2D eigenvalue weighted by atomic mass is 14.2. The minimum atomic E-state index is 0.413. The third kappa shape index (κ3) is 8.97. The number of rotatable bonds is 2. The van der Waals surface area contributed by atoms with Gasteiger partial charge in [-0.15, -0.1) is 0 Å². The molecule has 0 amide bonds. The van der Waals surface area contributed by atoms with Crippen LogP contribution in [0.1, 0.15) is 61.0 Å². The van der Waals surface area contributed by atoms with Gasteiger partial charge in [-0.25, -0.2) is 0 Å². The van der Waals surface area contributed by atoms with Gasteiger partial charge in [-0.2, -0.15) is 0 Å². The zero-order chi connectivity index (χ0) is 13.9. The second kappa shape index (κ2) is 10.4. The van der Waals surface area contributed by atoms with Crippen molar-refractivity contribution in [2.45, 2.75) is 61.8 Å². The first kappa shape index (κ1) is 18.6. The molecule has 0 heteroatoms. The molecule has 1 atom stereocenters. The van der Waals surface area contributed by atoms with E-state index in [1.165, 1.54) is 12.0 Å². The molecule has 1 aromatic carbocycles. The summed E-state index contributed by atoms with van der Waals surface area (Å²) in [5.41, 5.74) is 1.86. The van der Waals surface area contributed by atoms with Crippen molar-refractivity contribution < 1.29 is 0 Å². The van der Waals surface area contributed by atoms with Gasteiger partial charge in [0.15, 0.2) is 0 Å². The van der Waals surface area contributed by atoms with Crippen LogP contribution in [0.5, 0.6) is 0 Å². The molecule has 0 N–H and O–H groups in total. The zero-order valence-electron chi connectivity index (χ0n) is 13.2. The van der Waals surface area contributed by atoms with Crippen LogP contribution >= 0.6 is 0 Å². The second-order valence-corrected chi connectivity index (χ2v) is 4.96. The van der Waals surface area contributed by atoms with Crippen molar-refractivity contribution in [1.29, 1.82) is 0 Å². The lowest BCUT2D eigenvalue weighted by molar-refractivity contribution is 0.260. The van der Waals surface area contributed by atoms with Crippen molar-refractivity contribution >= 4 is 0 Å². The van der Waals surface area contributed by atoms with Crippen molar-refractivity contribution in [1.82, 2.24) is 0 Å². The Morgan fingerprint density at radius 3 is 1.65 bits per heavy atom. The van der Waals surface area contributed by atoms with Crippen LogP contribution in [0.2, 0.25) is 0 Å². The first-order valence-corrected chi connectivity index (χ1v) is 7.04. The summed E-state index contributed by atoms with van der Waals surface area (Å²) in [5.74, 6) is 0.731. The van der Waals surface area contributed by atoms with Crippen molar-refractivity contribution in [2.24, 2.45) is 11.3 Å². The molecule has 0 fully saturated rings. The molecule has 0 saturated carbocycles. The molecule has 0 aliphatic heterocycles. The van der Waals surface area contributed by atoms with Crippen LogP contribution in [-0.4, -0.2) is 0 Å². The molecule has 0 radical (unpaired) electrons. The van der Waals surface area contributed by atoms with E-state index in [1.54, 1.807) is 0 Å². The van der Waals surface area contributed by atoms with Gasteiger partial charge in [0.25, 0.3) is 0 Å². The molecule has 1 rings (SSSR count). The Bertz CT molecular complexity index is 240. The van der Waals surface area contributed by atoms with Gasteiger partial charge in [-0.05, 0) is 23.3 Å². The molecule has 17 heavy (non-hydrogen) atoms. The van der Waals surface area contributed by atoms with Gasteiger partial charge in [-0.3, -0.25) is 0 Å². The highest BCUT2D eigenvalue weighted by Gasteiger charge is 2.19. The Labute approximate surface area is 109 Å². The van der Waals surface area contributed by atoms with Crippen LogP contribution in [0.15, 0.2) is 30.3 Å². The Morgan fingerprint density at radius 2 is 1.29 bits per heavy atom. The average molecular weight is 236 g/mol. The second-order valence-electron chi connectivity index (χ2n) is 4.96. The predicted molar refractivity (Wildman–Crippen MR) is 81.5 cm³/mol. The number of hydrogen-bond donors (Lipinski definition) is 0. The SMILES string of the molecule is CC.CC.CC(Cc1ccccc1)C(C)(C)C. The topological polar surface area (TPSA) is 0 Å². The quantitative estimate of drug-likeness (QED) is 0.594. The first-order valence-electron chi connectivity index (χ1n) is 7.04. The molecular formula is C17H32. The van der Waals surface area contributed by atoms with E-state index in [4.69, 9.17) is 0 Å². The molecule has 0 heterocycles. The summed E-state index contributed by atoms with van der Waals surface area (Å²) < 4.78 is 0. The lowest BCUT2D eigenvalue weighted by Gasteiger charge is -2.27. The van der Waals surface area contributed by atoms with Crippen LogP contribution in [0, 0.1) is 11.3 Å². The van der Waals surface area contributed by atoms with Crippen molar-refractivity contribution in [3.63, 3.8) is 0 Å². The standard InChI is InChI=1S/C13H20.2C2H6/c1-11(13(2,3)4)10-12-8-6-5-7-9-12;2*1-2/h5-9,11H,10H2,1-4H3;2*1-2H3. The van der Waals surface area contributed by atoms with E-state index in [2.05, 4.69) is 58.0 Å². The van der Waals surface area contributed by atoms with Gasteiger partial charge in [0.05, 0.1) is 0 Å². The van der Waals surface area contributed by atoms with Crippen molar-refractivity contribution in [2.75, 3.05) is 0 Å². The van der Waals surface area contributed by atoms with Gasteiger partial charge in [0, 0.05) is 0 Å². The van der Waals surface area contributed by atoms with Gasteiger partial charge < -0.3 is 0 Å². The summed E-state index contributed by atoms with van der Waals surface area (Å²) in [6, 6.07) is 10.7. The molecule has 0 nitrogen and oxygen atoms in total. The largest absolute Gasteiger partial charge is 0.0683 e. The maximum absolute atomic E-state index is 2.33. The minimum Gasteiger partial charge on any atom is -0.0683 e. The van der Waals surface area contributed by atoms with E-state index in [0.717, 1.165) is 5.92 Å². The normalized spacial score (nSPS) is 11.5. The summed E-state index contributed by atoms with van der Waals surface area (Å²) in [6.45, 7) is 17.2. The summed E-state index contributed by atoms with van der Waals surface area (Å²) in [5, 5.41) is 0. The molecule has 1 aromatic rings. The zero-order valence-corrected chi connectivity index (χ0v) is 13.2. The molecule has 0 spiro atoms. The number of benzene rings is 1. The minimum absolute atomic E-state index is 0.413. The fourth-order valence-corrected chi connectivity index (χ4v) is 1.27. The van der Waals surface area contributed by atoms with Gasteiger partial charge in [0.1, 0.15) is 0 Å². The van der Waals surface area contributed by atoms with Gasteiger partial charge in [0.2, 0.25) is 0 Å². The fraction of sp³-hybridized carbons (Fsp3) is 0.647. The average Bonchev–Trinajstić information content (AvgIpc) is 2.34. The summed E-state index contributed by atoms with van der Waals surface area (Å²) in [4.78, 5) is 0. The van der Waals surface area contributed by atoms with Gasteiger partial charge in [-0.1, -0.05) is 85.7 Å².